The zero-order valence-corrected chi connectivity index (χ0v) is 11.8. The van der Waals surface area contributed by atoms with Crippen LogP contribution in [0.25, 0.3) is 0 Å². The third kappa shape index (κ3) is 3.41. The molecule has 18 heavy (non-hydrogen) atoms. The molecule has 3 heteroatoms. The van der Waals surface area contributed by atoms with Gasteiger partial charge < -0.3 is 4.74 Å². The second kappa shape index (κ2) is 5.64. The summed E-state index contributed by atoms with van der Waals surface area (Å²) in [4.78, 5) is 0. The summed E-state index contributed by atoms with van der Waals surface area (Å²) in [6, 6.07) is 11.5. The molecule has 0 spiro atoms. The normalized spacial score (nSPS) is 10.4. The Morgan fingerprint density at radius 1 is 0.944 bits per heavy atom. The summed E-state index contributed by atoms with van der Waals surface area (Å²) in [6.45, 7) is 4.51. The summed E-state index contributed by atoms with van der Waals surface area (Å²) in [5.41, 5.74) is 3.26. The first-order valence-corrected chi connectivity index (χ1v) is 6.45. The van der Waals surface area contributed by atoms with E-state index in [2.05, 4.69) is 6.07 Å². The van der Waals surface area contributed by atoms with Gasteiger partial charge >= 0.3 is 0 Å². The third-order valence-electron chi connectivity index (χ3n) is 2.60. The van der Waals surface area contributed by atoms with Gasteiger partial charge in [0.15, 0.2) is 0 Å². The van der Waals surface area contributed by atoms with Crippen molar-refractivity contribution in [2.45, 2.75) is 20.5 Å². The van der Waals surface area contributed by atoms with E-state index in [1.807, 2.05) is 32.0 Å². The third-order valence-corrected chi connectivity index (χ3v) is 3.20. The lowest BCUT2D eigenvalue weighted by molar-refractivity contribution is 0.306. The topological polar surface area (TPSA) is 9.23 Å². The molecular formula is C15H14Cl2O. The summed E-state index contributed by atoms with van der Waals surface area (Å²) < 4.78 is 5.75. The van der Waals surface area contributed by atoms with Crippen LogP contribution in [0.15, 0.2) is 36.4 Å². The quantitative estimate of drug-likeness (QED) is 0.752. The molecule has 0 aliphatic rings. The van der Waals surface area contributed by atoms with Crippen molar-refractivity contribution in [3.8, 4) is 5.75 Å². The smallest absolute Gasteiger partial charge is 0.120 e. The average Bonchev–Trinajstić information content (AvgIpc) is 2.29. The van der Waals surface area contributed by atoms with Crippen LogP contribution in [-0.2, 0) is 6.61 Å². The fourth-order valence-electron chi connectivity index (χ4n) is 1.83. The molecule has 0 bridgehead atoms. The molecule has 2 rings (SSSR count). The Morgan fingerprint density at radius 2 is 1.61 bits per heavy atom. The van der Waals surface area contributed by atoms with Crippen molar-refractivity contribution in [3.63, 3.8) is 0 Å². The predicted molar refractivity (Wildman–Crippen MR) is 76.7 cm³/mol. The van der Waals surface area contributed by atoms with E-state index in [1.54, 1.807) is 12.1 Å². The van der Waals surface area contributed by atoms with E-state index in [4.69, 9.17) is 27.9 Å². The van der Waals surface area contributed by atoms with E-state index in [0.717, 1.165) is 11.3 Å². The van der Waals surface area contributed by atoms with E-state index in [-0.39, 0.29) is 0 Å². The van der Waals surface area contributed by atoms with E-state index >= 15 is 0 Å². The first kappa shape index (κ1) is 13.3. The minimum atomic E-state index is 0.419. The van der Waals surface area contributed by atoms with Gasteiger partial charge in [-0.05, 0) is 55.3 Å². The van der Waals surface area contributed by atoms with Crippen LogP contribution in [-0.4, -0.2) is 0 Å². The van der Waals surface area contributed by atoms with Gasteiger partial charge in [0.05, 0.1) is 0 Å². The lowest BCUT2D eigenvalue weighted by Crippen LogP contribution is -1.97. The lowest BCUT2D eigenvalue weighted by Gasteiger charge is -2.09. The Labute approximate surface area is 117 Å². The van der Waals surface area contributed by atoms with Gasteiger partial charge in [0, 0.05) is 15.6 Å². The van der Waals surface area contributed by atoms with Gasteiger partial charge in [0.2, 0.25) is 0 Å². The maximum atomic E-state index is 6.09. The van der Waals surface area contributed by atoms with Gasteiger partial charge in [-0.1, -0.05) is 29.3 Å². The highest BCUT2D eigenvalue weighted by Crippen LogP contribution is 2.23. The number of aryl methyl sites for hydroxylation is 2. The minimum absolute atomic E-state index is 0.419. The average molecular weight is 281 g/mol. The number of halogens is 2. The van der Waals surface area contributed by atoms with Gasteiger partial charge in [0.1, 0.15) is 12.4 Å². The van der Waals surface area contributed by atoms with Crippen LogP contribution in [0.5, 0.6) is 5.75 Å². The van der Waals surface area contributed by atoms with Crippen molar-refractivity contribution in [3.05, 3.63) is 63.1 Å². The van der Waals surface area contributed by atoms with Crippen LogP contribution < -0.4 is 4.74 Å². The summed E-state index contributed by atoms with van der Waals surface area (Å²) in [6.07, 6.45) is 0. The Morgan fingerprint density at radius 3 is 2.28 bits per heavy atom. The minimum Gasteiger partial charge on any atom is -0.489 e. The molecule has 0 atom stereocenters. The second-order valence-electron chi connectivity index (χ2n) is 4.35. The SMILES string of the molecule is Cc1cc(C)cc(OCc2cc(Cl)ccc2Cl)c1. The molecule has 1 nitrogen and oxygen atoms in total. The fourth-order valence-corrected chi connectivity index (χ4v) is 2.20. The number of rotatable bonds is 3. The molecule has 0 N–H and O–H groups in total. The molecule has 0 heterocycles. The Kier molecular flexibility index (Phi) is 4.15. The van der Waals surface area contributed by atoms with Crippen LogP contribution in [0.1, 0.15) is 16.7 Å². The first-order valence-electron chi connectivity index (χ1n) is 5.69. The van der Waals surface area contributed by atoms with E-state index in [0.29, 0.717) is 16.7 Å². The highest BCUT2D eigenvalue weighted by Gasteiger charge is 2.03. The molecule has 0 saturated carbocycles. The van der Waals surface area contributed by atoms with Crippen LogP contribution in [0, 0.1) is 13.8 Å². The zero-order chi connectivity index (χ0) is 13.1. The van der Waals surface area contributed by atoms with Gasteiger partial charge in [-0.15, -0.1) is 0 Å². The molecular weight excluding hydrogens is 267 g/mol. The Bertz CT molecular complexity index is 544. The molecule has 2 aromatic carbocycles. The number of hydrogen-bond acceptors (Lipinski definition) is 1. The van der Waals surface area contributed by atoms with Crippen LogP contribution in [0.2, 0.25) is 10.0 Å². The van der Waals surface area contributed by atoms with Gasteiger partial charge in [0.25, 0.3) is 0 Å². The molecule has 0 fully saturated rings. The van der Waals surface area contributed by atoms with Gasteiger partial charge in [-0.25, -0.2) is 0 Å². The van der Waals surface area contributed by atoms with Gasteiger partial charge in [-0.3, -0.25) is 0 Å². The van der Waals surface area contributed by atoms with Crippen LogP contribution in [0.3, 0.4) is 0 Å². The summed E-state index contributed by atoms with van der Waals surface area (Å²) in [5.74, 6) is 0.851. The molecule has 0 aliphatic heterocycles. The van der Waals surface area contributed by atoms with Crippen molar-refractivity contribution < 1.29 is 4.74 Å². The molecule has 0 unspecified atom stereocenters. The molecule has 0 radical (unpaired) electrons. The lowest BCUT2D eigenvalue weighted by atomic mass is 10.1. The van der Waals surface area contributed by atoms with Crippen molar-refractivity contribution >= 4 is 23.2 Å². The number of ether oxygens (including phenoxy) is 1. The maximum absolute atomic E-state index is 6.09. The zero-order valence-electron chi connectivity index (χ0n) is 10.3. The fraction of sp³-hybridized carbons (Fsp3) is 0.200. The molecule has 0 saturated heterocycles. The van der Waals surface area contributed by atoms with Crippen molar-refractivity contribution in [1.29, 1.82) is 0 Å². The summed E-state index contributed by atoms with van der Waals surface area (Å²) in [5, 5.41) is 1.34. The second-order valence-corrected chi connectivity index (χ2v) is 5.19. The number of benzene rings is 2. The summed E-state index contributed by atoms with van der Waals surface area (Å²) in [7, 11) is 0. The molecule has 94 valence electrons. The van der Waals surface area contributed by atoms with Crippen molar-refractivity contribution in [1.82, 2.24) is 0 Å². The van der Waals surface area contributed by atoms with E-state index < -0.39 is 0 Å². The monoisotopic (exact) mass is 280 g/mol. The highest BCUT2D eigenvalue weighted by atomic mass is 35.5. The van der Waals surface area contributed by atoms with Gasteiger partial charge in [-0.2, -0.15) is 0 Å². The molecule has 0 amide bonds. The largest absolute Gasteiger partial charge is 0.489 e. The highest BCUT2D eigenvalue weighted by molar-refractivity contribution is 6.33. The van der Waals surface area contributed by atoms with Crippen LogP contribution >= 0.6 is 23.2 Å². The van der Waals surface area contributed by atoms with Crippen LogP contribution in [0.4, 0.5) is 0 Å². The predicted octanol–water partition coefficient (Wildman–Crippen LogP) is 5.19. The summed E-state index contributed by atoms with van der Waals surface area (Å²) >= 11 is 12.0. The first-order chi connectivity index (χ1) is 8.54. The van der Waals surface area contributed by atoms with Crippen molar-refractivity contribution in [2.24, 2.45) is 0 Å². The molecule has 0 aromatic heterocycles. The Hall–Kier alpha value is -1.18. The van der Waals surface area contributed by atoms with E-state index in [9.17, 15) is 0 Å². The standard InChI is InChI=1S/C15H14Cl2O/c1-10-5-11(2)7-14(6-10)18-9-12-8-13(16)3-4-15(12)17/h3-8H,9H2,1-2H3. The molecule has 0 aliphatic carbocycles. The van der Waals surface area contributed by atoms with Crippen molar-refractivity contribution in [2.75, 3.05) is 0 Å². The maximum Gasteiger partial charge on any atom is 0.120 e. The molecule has 2 aromatic rings. The number of hydrogen-bond donors (Lipinski definition) is 0. The van der Waals surface area contributed by atoms with E-state index in [1.165, 1.54) is 11.1 Å². The Balaban J connectivity index is 2.13.